The molecule has 0 spiro atoms. The van der Waals surface area contributed by atoms with Crippen molar-refractivity contribution in [1.82, 2.24) is 15.1 Å². The fourth-order valence-corrected chi connectivity index (χ4v) is 5.66. The van der Waals surface area contributed by atoms with Crippen LogP contribution in [0.4, 0.5) is 0 Å². The van der Waals surface area contributed by atoms with Crippen molar-refractivity contribution in [1.29, 1.82) is 0 Å². The number of nitrogens with zero attached hydrogens (tertiary/aromatic N) is 2. The van der Waals surface area contributed by atoms with Crippen LogP contribution >= 0.6 is 0 Å². The largest absolute Gasteiger partial charge is 0.454 e. The number of carbonyl (C=O) groups is 3. The van der Waals surface area contributed by atoms with E-state index in [0.717, 1.165) is 64.5 Å². The lowest BCUT2D eigenvalue weighted by Crippen LogP contribution is -2.54. The second kappa shape index (κ2) is 9.61. The minimum Gasteiger partial charge on any atom is -0.454 e. The molecule has 1 aromatic carbocycles. The van der Waals surface area contributed by atoms with E-state index in [0.29, 0.717) is 30.2 Å². The van der Waals surface area contributed by atoms with E-state index in [2.05, 4.69) is 5.32 Å². The van der Waals surface area contributed by atoms with Gasteiger partial charge in [-0.1, -0.05) is 12.8 Å². The predicted molar refractivity (Wildman–Crippen MR) is 121 cm³/mol. The van der Waals surface area contributed by atoms with Gasteiger partial charge in [-0.05, 0) is 62.6 Å². The Morgan fingerprint density at radius 1 is 0.848 bits per heavy atom. The van der Waals surface area contributed by atoms with Crippen LogP contribution in [-0.2, 0) is 9.59 Å². The molecule has 1 aliphatic carbocycles. The fraction of sp³-hybridized carbons (Fsp3) is 0.640. The van der Waals surface area contributed by atoms with E-state index in [1.54, 1.807) is 18.2 Å². The summed E-state index contributed by atoms with van der Waals surface area (Å²) in [5, 5.41) is 3.04. The molecule has 178 valence electrons. The van der Waals surface area contributed by atoms with Gasteiger partial charge in [0.1, 0.15) is 6.04 Å². The molecule has 0 radical (unpaired) electrons. The number of piperidine rings is 1. The Hall–Kier alpha value is -2.77. The van der Waals surface area contributed by atoms with Gasteiger partial charge in [0.25, 0.3) is 5.91 Å². The van der Waals surface area contributed by atoms with E-state index in [9.17, 15) is 14.4 Å². The first-order valence-electron chi connectivity index (χ1n) is 12.4. The average molecular weight is 456 g/mol. The molecular weight excluding hydrogens is 422 g/mol. The SMILES string of the molecule is O=C(N[C@@H](C(=O)N1CCCC1)C1CCN(C(=O)C2CCCC2)CC1)c1ccc2c(c1)OCO2. The standard InChI is InChI=1S/C25H33N3O5/c29-23(19-7-8-20-21(15-19)33-16-32-20)26-22(25(31)27-11-3-4-12-27)17-9-13-28(14-10-17)24(30)18-5-1-2-6-18/h7-8,15,17-18,22H,1-6,9-14,16H2,(H,26,29)/t22-/m1/s1. The summed E-state index contributed by atoms with van der Waals surface area (Å²) in [4.78, 5) is 43.2. The van der Waals surface area contributed by atoms with Gasteiger partial charge in [-0.15, -0.1) is 0 Å². The molecule has 0 bridgehead atoms. The Kier molecular flexibility index (Phi) is 6.42. The molecule has 2 saturated heterocycles. The van der Waals surface area contributed by atoms with Crippen LogP contribution in [0.15, 0.2) is 18.2 Å². The predicted octanol–water partition coefficient (Wildman–Crippen LogP) is 2.56. The van der Waals surface area contributed by atoms with E-state index in [4.69, 9.17) is 9.47 Å². The molecule has 4 aliphatic rings. The van der Waals surface area contributed by atoms with Gasteiger partial charge in [0.15, 0.2) is 11.5 Å². The number of benzene rings is 1. The van der Waals surface area contributed by atoms with Crippen LogP contribution in [0.2, 0.25) is 0 Å². The number of fused-ring (bicyclic) bond motifs is 1. The van der Waals surface area contributed by atoms with Crippen molar-refractivity contribution in [2.45, 2.75) is 57.4 Å². The van der Waals surface area contributed by atoms with Crippen LogP contribution in [-0.4, -0.2) is 66.5 Å². The van der Waals surface area contributed by atoms with Gasteiger partial charge in [0, 0.05) is 37.7 Å². The molecule has 0 aromatic heterocycles. The van der Waals surface area contributed by atoms with E-state index in [1.807, 2.05) is 9.80 Å². The summed E-state index contributed by atoms with van der Waals surface area (Å²) < 4.78 is 10.7. The van der Waals surface area contributed by atoms with Gasteiger partial charge in [0.2, 0.25) is 18.6 Å². The first-order chi connectivity index (χ1) is 16.1. The zero-order valence-corrected chi connectivity index (χ0v) is 19.1. The monoisotopic (exact) mass is 455 g/mol. The van der Waals surface area contributed by atoms with Crippen molar-refractivity contribution in [2.24, 2.45) is 11.8 Å². The van der Waals surface area contributed by atoms with Gasteiger partial charge in [-0.3, -0.25) is 14.4 Å². The van der Waals surface area contributed by atoms with Crippen molar-refractivity contribution in [3.05, 3.63) is 23.8 Å². The molecule has 1 N–H and O–H groups in total. The second-order valence-electron chi connectivity index (χ2n) is 9.70. The van der Waals surface area contributed by atoms with Crippen LogP contribution in [0.25, 0.3) is 0 Å². The maximum atomic E-state index is 13.4. The zero-order valence-electron chi connectivity index (χ0n) is 19.1. The summed E-state index contributed by atoms with van der Waals surface area (Å²) in [5.74, 6) is 1.35. The molecule has 3 fully saturated rings. The van der Waals surface area contributed by atoms with E-state index < -0.39 is 6.04 Å². The van der Waals surface area contributed by atoms with E-state index >= 15 is 0 Å². The van der Waals surface area contributed by atoms with E-state index in [-0.39, 0.29) is 36.4 Å². The summed E-state index contributed by atoms with van der Waals surface area (Å²) in [5.41, 5.74) is 0.451. The molecule has 1 aromatic rings. The highest BCUT2D eigenvalue weighted by Crippen LogP contribution is 2.33. The summed E-state index contributed by atoms with van der Waals surface area (Å²) in [6, 6.07) is 4.51. The Morgan fingerprint density at radius 2 is 1.55 bits per heavy atom. The Labute approximate surface area is 194 Å². The third-order valence-corrected chi connectivity index (χ3v) is 7.63. The lowest BCUT2D eigenvalue weighted by Gasteiger charge is -2.38. The number of likely N-dealkylation sites (tertiary alicyclic amines) is 2. The van der Waals surface area contributed by atoms with Crippen LogP contribution in [0, 0.1) is 11.8 Å². The zero-order chi connectivity index (χ0) is 22.8. The maximum Gasteiger partial charge on any atom is 0.252 e. The molecule has 8 heteroatoms. The number of hydrogen-bond acceptors (Lipinski definition) is 5. The molecule has 5 rings (SSSR count). The number of nitrogens with one attached hydrogen (secondary N) is 1. The Bertz CT molecular complexity index is 899. The smallest absolute Gasteiger partial charge is 0.252 e. The van der Waals surface area contributed by atoms with E-state index in [1.165, 1.54) is 0 Å². The minimum absolute atomic E-state index is 0.00200. The Morgan fingerprint density at radius 3 is 2.27 bits per heavy atom. The van der Waals surface area contributed by atoms with Crippen molar-refractivity contribution in [2.75, 3.05) is 33.0 Å². The van der Waals surface area contributed by atoms with Crippen LogP contribution in [0.1, 0.15) is 61.7 Å². The third kappa shape index (κ3) is 4.66. The summed E-state index contributed by atoms with van der Waals surface area (Å²) in [6.07, 6.45) is 7.75. The molecule has 0 unspecified atom stereocenters. The van der Waals surface area contributed by atoms with Crippen LogP contribution in [0.5, 0.6) is 11.5 Å². The molecule has 8 nitrogen and oxygen atoms in total. The van der Waals surface area contributed by atoms with Crippen LogP contribution < -0.4 is 14.8 Å². The Balaban J connectivity index is 1.27. The molecule has 1 saturated carbocycles. The van der Waals surface area contributed by atoms with Gasteiger partial charge in [0.05, 0.1) is 0 Å². The van der Waals surface area contributed by atoms with Crippen molar-refractivity contribution in [3.8, 4) is 11.5 Å². The second-order valence-corrected chi connectivity index (χ2v) is 9.70. The molecule has 1 atom stereocenters. The number of rotatable bonds is 5. The first-order valence-corrected chi connectivity index (χ1v) is 12.4. The normalized spacial score (nSPS) is 21.9. The quantitative estimate of drug-likeness (QED) is 0.737. The highest BCUT2D eigenvalue weighted by Gasteiger charge is 2.38. The summed E-state index contributed by atoms with van der Waals surface area (Å²) in [7, 11) is 0. The highest BCUT2D eigenvalue weighted by atomic mass is 16.7. The third-order valence-electron chi connectivity index (χ3n) is 7.63. The molecule has 3 heterocycles. The highest BCUT2D eigenvalue weighted by molar-refractivity contribution is 5.98. The number of hydrogen-bond donors (Lipinski definition) is 1. The molecule has 3 aliphatic heterocycles. The average Bonchev–Trinajstić information content (AvgIpc) is 3.63. The minimum atomic E-state index is -0.579. The summed E-state index contributed by atoms with van der Waals surface area (Å²) >= 11 is 0. The molecule has 33 heavy (non-hydrogen) atoms. The van der Waals surface area contributed by atoms with Gasteiger partial charge >= 0.3 is 0 Å². The molecular formula is C25H33N3O5. The van der Waals surface area contributed by atoms with Gasteiger partial charge in [-0.2, -0.15) is 0 Å². The van der Waals surface area contributed by atoms with Crippen molar-refractivity contribution < 1.29 is 23.9 Å². The van der Waals surface area contributed by atoms with Gasteiger partial charge in [-0.25, -0.2) is 0 Å². The van der Waals surface area contributed by atoms with Crippen LogP contribution in [0.3, 0.4) is 0 Å². The summed E-state index contributed by atoms with van der Waals surface area (Å²) in [6.45, 7) is 2.95. The first kappa shape index (κ1) is 22.0. The maximum absolute atomic E-state index is 13.4. The fourth-order valence-electron chi connectivity index (χ4n) is 5.66. The lowest BCUT2D eigenvalue weighted by molar-refractivity contribution is -0.138. The van der Waals surface area contributed by atoms with Gasteiger partial charge < -0.3 is 24.6 Å². The topological polar surface area (TPSA) is 88.2 Å². The molecule has 3 amide bonds. The van der Waals surface area contributed by atoms with Crippen molar-refractivity contribution in [3.63, 3.8) is 0 Å². The van der Waals surface area contributed by atoms with Crippen molar-refractivity contribution >= 4 is 17.7 Å². The number of carbonyl (C=O) groups excluding carboxylic acids is 3. The lowest BCUT2D eigenvalue weighted by atomic mass is 9.87. The number of ether oxygens (including phenoxy) is 2. The number of amides is 3.